The highest BCUT2D eigenvalue weighted by atomic mass is 31.2. The highest BCUT2D eigenvalue weighted by Crippen LogP contribution is 2.53. The summed E-state index contributed by atoms with van der Waals surface area (Å²) in [7, 11) is -5.13. The van der Waals surface area contributed by atoms with Gasteiger partial charge in [-0.3, -0.25) is 4.79 Å². The van der Waals surface area contributed by atoms with E-state index in [1.165, 1.54) is 0 Å². The van der Waals surface area contributed by atoms with Crippen molar-refractivity contribution < 1.29 is 19.1 Å². The number of carbonyl (C=O) groups is 1. The number of nitrogens with zero attached hydrogens (tertiary/aromatic N) is 1. The standard InChI is InChI=1S/C22H46NO4P/c1-7-13-15-19(9-3)17-22(28(25,26)27,21(24)23(11-5)12-6)18-20(10-4)16-14-8-2/h19-20H,7-18H2,1-6H3,(H2,25,26,27)/p-2. The molecule has 0 aromatic rings. The van der Waals surface area contributed by atoms with E-state index >= 15 is 0 Å². The van der Waals surface area contributed by atoms with Crippen LogP contribution >= 0.6 is 7.60 Å². The fourth-order valence-electron chi connectivity index (χ4n) is 4.25. The quantitative estimate of drug-likeness (QED) is 0.340. The lowest BCUT2D eigenvalue weighted by Gasteiger charge is -2.52. The summed E-state index contributed by atoms with van der Waals surface area (Å²) in [5, 5.41) is -1.80. The molecule has 0 fully saturated rings. The summed E-state index contributed by atoms with van der Waals surface area (Å²) in [6.45, 7) is 12.8. The average Bonchev–Trinajstić information content (AvgIpc) is 2.66. The van der Waals surface area contributed by atoms with Crippen molar-refractivity contribution in [2.24, 2.45) is 11.8 Å². The van der Waals surface area contributed by atoms with Crippen molar-refractivity contribution in [3.63, 3.8) is 0 Å². The second-order valence-electron chi connectivity index (χ2n) is 8.25. The molecule has 0 saturated carbocycles. The molecule has 2 unspecified atom stereocenters. The monoisotopic (exact) mass is 417 g/mol. The largest absolute Gasteiger partial charge is 0.810 e. The van der Waals surface area contributed by atoms with Crippen LogP contribution in [0.25, 0.3) is 0 Å². The topological polar surface area (TPSA) is 83.5 Å². The third-order valence-electron chi connectivity index (χ3n) is 6.31. The van der Waals surface area contributed by atoms with Gasteiger partial charge in [0.05, 0.1) is 5.16 Å². The minimum absolute atomic E-state index is 0.0827. The van der Waals surface area contributed by atoms with Gasteiger partial charge >= 0.3 is 0 Å². The Labute approximate surface area is 173 Å². The van der Waals surface area contributed by atoms with Gasteiger partial charge in [-0.05, 0) is 38.5 Å². The van der Waals surface area contributed by atoms with Crippen molar-refractivity contribution in [2.75, 3.05) is 13.1 Å². The first-order valence-corrected chi connectivity index (χ1v) is 13.0. The van der Waals surface area contributed by atoms with Crippen molar-refractivity contribution in [3.8, 4) is 0 Å². The average molecular weight is 418 g/mol. The Morgan fingerprint density at radius 2 is 1.25 bits per heavy atom. The van der Waals surface area contributed by atoms with Crippen molar-refractivity contribution in [1.29, 1.82) is 0 Å². The van der Waals surface area contributed by atoms with Crippen molar-refractivity contribution in [3.05, 3.63) is 0 Å². The molecule has 0 spiro atoms. The Morgan fingerprint density at radius 1 is 0.857 bits per heavy atom. The van der Waals surface area contributed by atoms with Gasteiger partial charge in [-0.25, -0.2) is 0 Å². The van der Waals surface area contributed by atoms with E-state index in [0.29, 0.717) is 13.1 Å². The Hall–Kier alpha value is -0.380. The van der Waals surface area contributed by atoms with Crippen LogP contribution in [0.15, 0.2) is 0 Å². The SMILES string of the molecule is CCCCC(CC)CC(CC(CC)CCCC)(C(=O)N(CC)CC)P(=O)([O-])[O-]. The van der Waals surface area contributed by atoms with E-state index in [9.17, 15) is 19.1 Å². The Kier molecular flexibility index (Phi) is 13.6. The van der Waals surface area contributed by atoms with E-state index in [1.807, 2.05) is 27.7 Å². The smallest absolute Gasteiger partial charge is 0.233 e. The molecule has 0 saturated heterocycles. The number of unbranched alkanes of at least 4 members (excludes halogenated alkanes) is 2. The molecule has 0 bridgehead atoms. The predicted molar refractivity (Wildman–Crippen MR) is 114 cm³/mol. The number of rotatable bonds is 16. The molecular weight excluding hydrogens is 373 g/mol. The summed E-state index contributed by atoms with van der Waals surface area (Å²) in [4.78, 5) is 40.4. The molecule has 5 nitrogen and oxygen atoms in total. The highest BCUT2D eigenvalue weighted by molar-refractivity contribution is 7.52. The van der Waals surface area contributed by atoms with Gasteiger partial charge < -0.3 is 19.3 Å². The van der Waals surface area contributed by atoms with Crippen LogP contribution in [0.1, 0.15) is 106 Å². The van der Waals surface area contributed by atoms with Gasteiger partial charge in [0.15, 0.2) is 0 Å². The molecule has 28 heavy (non-hydrogen) atoms. The summed E-state index contributed by atoms with van der Waals surface area (Å²) in [5.41, 5.74) is 0. The number of amides is 1. The molecule has 0 aliphatic rings. The van der Waals surface area contributed by atoms with Crippen LogP contribution in [-0.4, -0.2) is 29.1 Å². The molecular formula is C22H44NO4P-2. The fourth-order valence-corrected chi connectivity index (χ4v) is 5.58. The molecule has 0 rings (SSSR count). The lowest BCUT2D eigenvalue weighted by Crippen LogP contribution is -2.55. The van der Waals surface area contributed by atoms with Gasteiger partial charge in [0.1, 0.15) is 0 Å². The first-order valence-electron chi connectivity index (χ1n) is 11.5. The summed E-state index contributed by atoms with van der Waals surface area (Å²) < 4.78 is 12.7. The maximum atomic E-state index is 13.5. The van der Waals surface area contributed by atoms with E-state index in [4.69, 9.17) is 0 Å². The summed E-state index contributed by atoms with van der Waals surface area (Å²) in [5.74, 6) is -0.297. The third-order valence-corrected chi connectivity index (χ3v) is 7.92. The number of carbonyl (C=O) groups excluding carboxylic acids is 1. The summed E-state index contributed by atoms with van der Waals surface area (Å²) in [6.07, 6.45) is 7.68. The van der Waals surface area contributed by atoms with Gasteiger partial charge in [-0.15, -0.1) is 0 Å². The maximum Gasteiger partial charge on any atom is 0.233 e. The number of hydrogen-bond acceptors (Lipinski definition) is 4. The zero-order valence-corrected chi connectivity index (χ0v) is 20.1. The molecule has 0 heterocycles. The van der Waals surface area contributed by atoms with Crippen molar-refractivity contribution >= 4 is 13.5 Å². The first kappa shape index (κ1) is 27.6. The van der Waals surface area contributed by atoms with Gasteiger partial charge in [0.2, 0.25) is 5.91 Å². The van der Waals surface area contributed by atoms with Gasteiger partial charge in [0.25, 0.3) is 0 Å². The van der Waals surface area contributed by atoms with E-state index in [-0.39, 0.29) is 24.7 Å². The number of hydrogen-bond donors (Lipinski definition) is 0. The van der Waals surface area contributed by atoms with E-state index < -0.39 is 18.7 Å². The van der Waals surface area contributed by atoms with Crippen LogP contribution in [0, 0.1) is 11.8 Å². The molecule has 0 N–H and O–H groups in total. The molecule has 168 valence electrons. The van der Waals surface area contributed by atoms with Crippen molar-refractivity contribution in [1.82, 2.24) is 4.90 Å². The third kappa shape index (κ3) is 7.80. The molecule has 1 amide bonds. The molecule has 0 aliphatic heterocycles. The summed E-state index contributed by atoms with van der Waals surface area (Å²) in [6, 6.07) is 0. The Balaban J connectivity index is 6.14. The van der Waals surface area contributed by atoms with E-state index in [0.717, 1.165) is 51.4 Å². The fraction of sp³-hybridized carbons (Fsp3) is 0.955. The minimum Gasteiger partial charge on any atom is -0.810 e. The molecule has 0 aliphatic carbocycles. The summed E-state index contributed by atoms with van der Waals surface area (Å²) >= 11 is 0. The molecule has 2 atom stereocenters. The first-order chi connectivity index (χ1) is 13.2. The van der Waals surface area contributed by atoms with Gasteiger partial charge in [-0.2, -0.15) is 0 Å². The molecule has 0 radical (unpaired) electrons. The van der Waals surface area contributed by atoms with Crippen LogP contribution in [0.3, 0.4) is 0 Å². The zero-order chi connectivity index (χ0) is 21.8. The minimum atomic E-state index is -5.13. The highest BCUT2D eigenvalue weighted by Gasteiger charge is 2.46. The Morgan fingerprint density at radius 3 is 1.50 bits per heavy atom. The lowest BCUT2D eigenvalue weighted by molar-refractivity contribution is -0.320. The Bertz CT molecular complexity index is 455. The molecule has 0 aromatic heterocycles. The van der Waals surface area contributed by atoms with Crippen molar-refractivity contribution in [2.45, 2.75) is 111 Å². The van der Waals surface area contributed by atoms with Gasteiger partial charge in [0, 0.05) is 13.1 Å². The second kappa shape index (κ2) is 13.8. The van der Waals surface area contributed by atoms with Crippen LogP contribution in [0.5, 0.6) is 0 Å². The lowest BCUT2D eigenvalue weighted by atomic mass is 9.80. The van der Waals surface area contributed by atoms with Crippen LogP contribution < -0.4 is 9.79 Å². The van der Waals surface area contributed by atoms with Crippen LogP contribution in [0.4, 0.5) is 0 Å². The molecule has 6 heteroatoms. The van der Waals surface area contributed by atoms with E-state index in [1.54, 1.807) is 4.90 Å². The van der Waals surface area contributed by atoms with E-state index in [2.05, 4.69) is 13.8 Å². The molecule has 0 aromatic carbocycles. The maximum absolute atomic E-state index is 13.5. The zero-order valence-electron chi connectivity index (χ0n) is 19.2. The van der Waals surface area contributed by atoms with Crippen LogP contribution in [0.2, 0.25) is 0 Å². The normalized spacial score (nSPS) is 16.4. The van der Waals surface area contributed by atoms with Gasteiger partial charge in [-0.1, -0.05) is 86.7 Å². The second-order valence-corrected chi connectivity index (χ2v) is 10.1. The predicted octanol–water partition coefficient (Wildman–Crippen LogP) is 4.72. The van der Waals surface area contributed by atoms with Crippen LogP contribution in [-0.2, 0) is 9.36 Å².